The lowest BCUT2D eigenvalue weighted by Gasteiger charge is -2.39. The minimum Gasteiger partial charge on any atom is -0.394 e. The number of rotatable bonds is 9. The number of aliphatic hydroxyl groups is 4. The van der Waals surface area contributed by atoms with Gasteiger partial charge in [-0.25, -0.2) is 12.7 Å². The largest absolute Gasteiger partial charge is 0.466 e. The second-order valence-corrected chi connectivity index (χ2v) is 10.3. The fourth-order valence-electron chi connectivity index (χ4n) is 2.15. The van der Waals surface area contributed by atoms with E-state index in [2.05, 4.69) is 9.44 Å². The number of aliphatic hydroxyl groups excluding tert-OH is 4. The van der Waals surface area contributed by atoms with Crippen LogP contribution in [0.5, 0.6) is 0 Å². The predicted molar refractivity (Wildman–Crippen MR) is 95.0 cm³/mol. The minimum atomic E-state index is -4.89. The van der Waals surface area contributed by atoms with E-state index in [1.165, 1.54) is 0 Å². The van der Waals surface area contributed by atoms with Crippen molar-refractivity contribution in [2.24, 2.45) is 5.16 Å². The second-order valence-electron chi connectivity index (χ2n) is 5.89. The molecule has 1 heterocycles. The van der Waals surface area contributed by atoms with Crippen LogP contribution in [-0.4, -0.2) is 95.3 Å². The highest BCUT2D eigenvalue weighted by atomic mass is 32.3. The Morgan fingerprint density at radius 2 is 1.74 bits per heavy atom. The van der Waals surface area contributed by atoms with Gasteiger partial charge in [0.25, 0.3) is 0 Å². The van der Waals surface area contributed by atoms with Crippen LogP contribution in [0.1, 0.15) is 19.3 Å². The maximum absolute atomic E-state index is 11.1. The summed E-state index contributed by atoms with van der Waals surface area (Å²) in [7, 11) is -8.08. The Kier molecular flexibility index (Phi) is 9.36. The first-order chi connectivity index (χ1) is 12.3. The van der Waals surface area contributed by atoms with Gasteiger partial charge >= 0.3 is 10.4 Å². The number of ether oxygens (including phenoxy) is 1. The molecule has 0 aromatic rings. The highest BCUT2D eigenvalue weighted by molar-refractivity contribution is 8.14. The zero-order chi connectivity index (χ0) is 20.8. The summed E-state index contributed by atoms with van der Waals surface area (Å²) in [6.07, 6.45) is -4.40. The molecule has 1 aliphatic heterocycles. The molecular formula is C12H23NO11S3. The van der Waals surface area contributed by atoms with Crippen molar-refractivity contribution in [2.75, 3.05) is 18.6 Å². The monoisotopic (exact) mass is 453 g/mol. The standard InChI is InChI=1S/C12H23NO11S3/c1-26(18,19)5-3-2-4-8(13-24-27(20,21)22)25-12-11(17)10(16)9(15)7(6-14)23-12/h7,9-12,14-17H,2-6H2,1H3,(H,20,21,22)/b13-8+/t7-,9-,10-,11+,12+/m0/s1. The number of hydrogen-bond donors (Lipinski definition) is 5. The predicted octanol–water partition coefficient (Wildman–Crippen LogP) is -2.13. The smallest absolute Gasteiger partial charge is 0.394 e. The van der Waals surface area contributed by atoms with Gasteiger partial charge in [0.1, 0.15) is 44.7 Å². The van der Waals surface area contributed by atoms with Crippen molar-refractivity contribution in [3.8, 4) is 0 Å². The molecule has 160 valence electrons. The molecule has 0 amide bonds. The maximum atomic E-state index is 11.1. The third-order valence-corrected chi connectivity index (χ3v) is 5.96. The van der Waals surface area contributed by atoms with E-state index in [1.54, 1.807) is 0 Å². The van der Waals surface area contributed by atoms with Crippen molar-refractivity contribution in [2.45, 2.75) is 49.1 Å². The Morgan fingerprint density at radius 1 is 1.11 bits per heavy atom. The molecule has 1 rings (SSSR count). The number of hydrogen-bond acceptors (Lipinski definition) is 12. The Labute approximate surface area is 161 Å². The molecule has 27 heavy (non-hydrogen) atoms. The molecule has 0 aromatic carbocycles. The summed E-state index contributed by atoms with van der Waals surface area (Å²) < 4.78 is 61.5. The molecule has 0 unspecified atom stereocenters. The van der Waals surface area contributed by atoms with E-state index in [0.717, 1.165) is 6.26 Å². The van der Waals surface area contributed by atoms with E-state index in [9.17, 15) is 32.2 Å². The van der Waals surface area contributed by atoms with Crippen LogP contribution < -0.4 is 0 Å². The maximum Gasteiger partial charge on any atom is 0.466 e. The van der Waals surface area contributed by atoms with Gasteiger partial charge in [-0.05, 0) is 19.3 Å². The summed E-state index contributed by atoms with van der Waals surface area (Å²) >= 11 is 0.643. The minimum absolute atomic E-state index is 0.0186. The van der Waals surface area contributed by atoms with Crippen LogP contribution in [0, 0.1) is 0 Å². The molecule has 5 N–H and O–H groups in total. The molecule has 5 atom stereocenters. The topological polar surface area (TPSA) is 200 Å². The number of thioether (sulfide) groups is 1. The molecular weight excluding hydrogens is 430 g/mol. The Balaban J connectivity index is 2.82. The third-order valence-electron chi connectivity index (χ3n) is 3.49. The van der Waals surface area contributed by atoms with Crippen molar-refractivity contribution in [1.29, 1.82) is 0 Å². The van der Waals surface area contributed by atoms with Crippen LogP contribution in [0.3, 0.4) is 0 Å². The summed E-state index contributed by atoms with van der Waals surface area (Å²) in [6.45, 7) is -0.648. The first kappa shape index (κ1) is 24.5. The van der Waals surface area contributed by atoms with Gasteiger partial charge in [0.05, 0.1) is 6.61 Å². The van der Waals surface area contributed by atoms with Crippen molar-refractivity contribution in [3.05, 3.63) is 0 Å². The van der Waals surface area contributed by atoms with Crippen LogP contribution in [0.15, 0.2) is 5.16 Å². The Bertz CT molecular complexity index is 706. The van der Waals surface area contributed by atoms with Crippen molar-refractivity contribution < 1.29 is 50.8 Å². The van der Waals surface area contributed by atoms with Crippen molar-refractivity contribution >= 4 is 37.0 Å². The molecule has 0 radical (unpaired) electrons. The highest BCUT2D eigenvalue weighted by Crippen LogP contribution is 2.30. The van der Waals surface area contributed by atoms with Crippen LogP contribution >= 0.6 is 11.8 Å². The number of sulfone groups is 1. The van der Waals surface area contributed by atoms with E-state index in [0.29, 0.717) is 11.8 Å². The average molecular weight is 454 g/mol. The van der Waals surface area contributed by atoms with Crippen molar-refractivity contribution in [1.82, 2.24) is 0 Å². The van der Waals surface area contributed by atoms with Crippen molar-refractivity contribution in [3.63, 3.8) is 0 Å². The van der Waals surface area contributed by atoms with Gasteiger partial charge in [-0.2, -0.15) is 8.42 Å². The lowest BCUT2D eigenvalue weighted by molar-refractivity contribution is -0.205. The van der Waals surface area contributed by atoms with E-state index in [1.807, 2.05) is 0 Å². The second kappa shape index (κ2) is 10.3. The van der Waals surface area contributed by atoms with Gasteiger partial charge in [-0.3, -0.25) is 4.55 Å². The van der Waals surface area contributed by atoms with E-state index in [-0.39, 0.29) is 30.1 Å². The summed E-state index contributed by atoms with van der Waals surface area (Å²) in [5, 5.41) is 41.8. The number of nitrogens with zero attached hydrogens (tertiary/aromatic N) is 1. The highest BCUT2D eigenvalue weighted by Gasteiger charge is 2.44. The first-order valence-corrected chi connectivity index (χ1v) is 12.0. The van der Waals surface area contributed by atoms with E-state index in [4.69, 9.17) is 14.4 Å². The molecule has 0 aromatic heterocycles. The molecule has 0 bridgehead atoms. The van der Waals surface area contributed by atoms with Gasteiger partial charge in [0, 0.05) is 12.0 Å². The molecule has 1 fully saturated rings. The summed E-state index contributed by atoms with van der Waals surface area (Å²) in [4.78, 5) is 0. The van der Waals surface area contributed by atoms with Gasteiger partial charge in [-0.1, -0.05) is 16.9 Å². The SMILES string of the molecule is CS(=O)(=O)CCCC/C(=N\OS(=O)(=O)O)S[C@H]1O[C@@H](CO)[C@H](O)[C@H](O)[C@H]1O. The van der Waals surface area contributed by atoms with Crippen LogP contribution in [-0.2, 0) is 29.3 Å². The number of oxime groups is 1. The molecule has 15 heteroatoms. The van der Waals surface area contributed by atoms with Gasteiger partial charge < -0.3 is 25.2 Å². The summed E-state index contributed by atoms with van der Waals surface area (Å²) in [5.41, 5.74) is -1.24. The lowest BCUT2D eigenvalue weighted by atomic mass is 10.0. The van der Waals surface area contributed by atoms with Gasteiger partial charge in [0.15, 0.2) is 0 Å². The average Bonchev–Trinajstić information content (AvgIpc) is 2.54. The van der Waals surface area contributed by atoms with Crippen LogP contribution in [0.25, 0.3) is 0 Å². The van der Waals surface area contributed by atoms with Crippen LogP contribution in [0.4, 0.5) is 0 Å². The Hall–Kier alpha value is -0.520. The molecule has 12 nitrogen and oxygen atoms in total. The Morgan fingerprint density at radius 3 is 2.26 bits per heavy atom. The molecule has 0 aliphatic carbocycles. The fraction of sp³-hybridized carbons (Fsp3) is 0.917. The zero-order valence-electron chi connectivity index (χ0n) is 14.3. The summed E-state index contributed by atoms with van der Waals surface area (Å²) in [5.74, 6) is -0.107. The number of unbranched alkanes of at least 4 members (excludes halogenated alkanes) is 1. The first-order valence-electron chi connectivity index (χ1n) is 7.72. The third kappa shape index (κ3) is 9.01. The van der Waals surface area contributed by atoms with Gasteiger partial charge in [-0.15, -0.1) is 0 Å². The molecule has 0 spiro atoms. The zero-order valence-corrected chi connectivity index (χ0v) is 16.7. The normalized spacial score (nSPS) is 30.3. The summed E-state index contributed by atoms with van der Waals surface area (Å²) in [6, 6.07) is 0. The molecule has 0 saturated carbocycles. The molecule has 1 aliphatic rings. The molecule has 1 saturated heterocycles. The van der Waals surface area contributed by atoms with Crippen LogP contribution in [0.2, 0.25) is 0 Å². The van der Waals surface area contributed by atoms with E-state index < -0.39 is 56.7 Å². The van der Waals surface area contributed by atoms with E-state index >= 15 is 0 Å². The lowest BCUT2D eigenvalue weighted by Crippen LogP contribution is -2.57. The fourth-order valence-corrected chi connectivity index (χ4v) is 4.22. The quantitative estimate of drug-likeness (QED) is 0.0835. The van der Waals surface area contributed by atoms with Gasteiger partial charge in [0.2, 0.25) is 0 Å².